The van der Waals surface area contributed by atoms with Crippen molar-refractivity contribution in [1.82, 2.24) is 9.62 Å². The number of hydrogen-bond donors (Lipinski definition) is 1. The van der Waals surface area contributed by atoms with Crippen LogP contribution in [0.4, 0.5) is 5.69 Å². The normalized spacial score (nSPS) is 22.7. The van der Waals surface area contributed by atoms with E-state index in [0.29, 0.717) is 40.3 Å². The zero-order chi connectivity index (χ0) is 28.4. The summed E-state index contributed by atoms with van der Waals surface area (Å²) >= 11 is 12.1. The molecule has 0 atom stereocenters. The first-order valence-electron chi connectivity index (χ1n) is 13.5. The van der Waals surface area contributed by atoms with Crippen molar-refractivity contribution in [3.05, 3.63) is 52.5 Å². The minimum atomic E-state index is -4.02. The summed E-state index contributed by atoms with van der Waals surface area (Å²) in [5, 5.41) is 6.41. The second-order valence-electron chi connectivity index (χ2n) is 10.6. The molecular weight excluding hydrogens is 575 g/mol. The second kappa shape index (κ2) is 12.1. The van der Waals surface area contributed by atoms with Crippen LogP contribution in [0.1, 0.15) is 51.9 Å². The molecule has 2 amide bonds. The third-order valence-electron chi connectivity index (χ3n) is 7.79. The molecule has 0 aromatic heterocycles. The first-order chi connectivity index (χ1) is 19.1. The molecule has 2 aromatic rings. The zero-order valence-electron chi connectivity index (χ0n) is 22.2. The fourth-order valence-corrected chi connectivity index (χ4v) is 6.93. The van der Waals surface area contributed by atoms with Crippen LogP contribution in [-0.2, 0) is 19.6 Å². The summed E-state index contributed by atoms with van der Waals surface area (Å²) in [6.07, 6.45) is 5.11. The molecule has 0 bridgehead atoms. The van der Waals surface area contributed by atoms with Gasteiger partial charge in [0.25, 0.3) is 15.9 Å². The summed E-state index contributed by atoms with van der Waals surface area (Å²) in [7, 11) is -4.02. The topological polar surface area (TPSA) is 108 Å². The van der Waals surface area contributed by atoms with Gasteiger partial charge in [-0.1, -0.05) is 23.2 Å². The maximum Gasteiger partial charge on any atom is 0.264 e. The second-order valence-corrected chi connectivity index (χ2v) is 13.1. The van der Waals surface area contributed by atoms with E-state index in [9.17, 15) is 18.0 Å². The van der Waals surface area contributed by atoms with Gasteiger partial charge in [0.2, 0.25) is 5.91 Å². The van der Waals surface area contributed by atoms with Crippen molar-refractivity contribution in [3.63, 3.8) is 0 Å². The Kier molecular flexibility index (Phi) is 8.70. The van der Waals surface area contributed by atoms with Crippen molar-refractivity contribution in [3.8, 4) is 5.75 Å². The Balaban J connectivity index is 1.08. The molecule has 2 aromatic carbocycles. The summed E-state index contributed by atoms with van der Waals surface area (Å²) in [5.41, 5.74) is 1.18. The Morgan fingerprint density at radius 3 is 2.25 bits per heavy atom. The van der Waals surface area contributed by atoms with Gasteiger partial charge < -0.3 is 9.64 Å². The lowest BCUT2D eigenvalue weighted by atomic mass is 9.84. The Morgan fingerprint density at radius 2 is 1.65 bits per heavy atom. The minimum absolute atomic E-state index is 0.0309. The SMILES string of the molecule is CC1=NN(c2ccc(S(=O)(=O)NC(=O)[C@H]3CC[C@H](N4CCC(Oc5ccc(Cl)c(Cl)c5)CC4)CC3)cc2)C(=O)C1. The maximum absolute atomic E-state index is 12.9. The largest absolute Gasteiger partial charge is 0.490 e. The molecule has 1 N–H and O–H groups in total. The van der Waals surface area contributed by atoms with Crippen LogP contribution in [0.3, 0.4) is 0 Å². The number of likely N-dealkylation sites (tertiary alicyclic amines) is 1. The first-order valence-corrected chi connectivity index (χ1v) is 15.7. The standard InChI is InChI=1S/C28H32Cl2N4O5S/c1-18-16-27(35)34(31-18)21-6-9-24(10-7-21)40(37,38)32-28(36)19-2-4-20(5-3-19)33-14-12-22(13-15-33)39-23-8-11-25(29)26(30)17-23/h6-11,17,19-20,22H,2-5,12-16H2,1H3,(H,32,36)/t19-,20-. The van der Waals surface area contributed by atoms with Crippen molar-refractivity contribution in [2.75, 3.05) is 18.1 Å². The van der Waals surface area contributed by atoms with E-state index in [-0.39, 0.29) is 29.2 Å². The van der Waals surface area contributed by atoms with Crippen molar-refractivity contribution in [1.29, 1.82) is 0 Å². The first kappa shape index (κ1) is 28.9. The van der Waals surface area contributed by atoms with Gasteiger partial charge in [-0.15, -0.1) is 0 Å². The van der Waals surface area contributed by atoms with E-state index in [1.165, 1.54) is 29.3 Å². The highest BCUT2D eigenvalue weighted by molar-refractivity contribution is 7.90. The molecule has 1 aliphatic carbocycles. The highest BCUT2D eigenvalue weighted by atomic mass is 35.5. The molecule has 5 rings (SSSR count). The molecule has 2 heterocycles. The fourth-order valence-electron chi connectivity index (χ4n) is 5.60. The van der Waals surface area contributed by atoms with Crippen molar-refractivity contribution in [2.24, 2.45) is 11.0 Å². The molecule has 1 saturated carbocycles. The van der Waals surface area contributed by atoms with Gasteiger partial charge in [-0.05, 0) is 81.8 Å². The molecule has 0 radical (unpaired) electrons. The van der Waals surface area contributed by atoms with Gasteiger partial charge in [0.15, 0.2) is 0 Å². The van der Waals surface area contributed by atoms with E-state index in [0.717, 1.165) is 44.5 Å². The number of carbonyl (C=O) groups excluding carboxylic acids is 2. The van der Waals surface area contributed by atoms with E-state index >= 15 is 0 Å². The van der Waals surface area contributed by atoms with Crippen LogP contribution in [-0.4, -0.2) is 56.1 Å². The van der Waals surface area contributed by atoms with Crippen LogP contribution >= 0.6 is 23.2 Å². The molecule has 2 fully saturated rings. The quantitative estimate of drug-likeness (QED) is 0.474. The maximum atomic E-state index is 12.9. The number of hydrogen-bond acceptors (Lipinski definition) is 7. The molecule has 3 aliphatic rings. The smallest absolute Gasteiger partial charge is 0.264 e. The van der Waals surface area contributed by atoms with Gasteiger partial charge in [-0.3, -0.25) is 9.59 Å². The number of amides is 2. The number of hydrazone groups is 1. The lowest BCUT2D eigenvalue weighted by Gasteiger charge is -2.40. The summed E-state index contributed by atoms with van der Waals surface area (Å²) in [6, 6.07) is 11.5. The van der Waals surface area contributed by atoms with E-state index in [1.54, 1.807) is 19.1 Å². The number of halogens is 2. The molecule has 0 unspecified atom stereocenters. The number of nitrogens with one attached hydrogen (secondary N) is 1. The summed E-state index contributed by atoms with van der Waals surface area (Å²) < 4.78 is 34.1. The number of nitrogens with zero attached hydrogens (tertiary/aromatic N) is 3. The number of rotatable bonds is 7. The fraction of sp³-hybridized carbons (Fsp3) is 0.464. The van der Waals surface area contributed by atoms with Gasteiger partial charge in [0.1, 0.15) is 11.9 Å². The highest BCUT2D eigenvalue weighted by Gasteiger charge is 2.33. The average molecular weight is 608 g/mol. The third-order valence-corrected chi connectivity index (χ3v) is 9.90. The number of carbonyl (C=O) groups is 2. The van der Waals surface area contributed by atoms with Crippen molar-refractivity contribution < 1.29 is 22.7 Å². The summed E-state index contributed by atoms with van der Waals surface area (Å²) in [5.74, 6) is -0.263. The molecule has 2 aliphatic heterocycles. The number of sulfonamides is 1. The Bertz CT molecular complexity index is 1400. The molecule has 40 heavy (non-hydrogen) atoms. The Labute approximate surface area is 244 Å². The van der Waals surface area contributed by atoms with E-state index in [1.807, 2.05) is 6.07 Å². The highest BCUT2D eigenvalue weighted by Crippen LogP contribution is 2.32. The minimum Gasteiger partial charge on any atom is -0.490 e. The van der Waals surface area contributed by atoms with E-state index in [4.69, 9.17) is 27.9 Å². The average Bonchev–Trinajstić information content (AvgIpc) is 3.28. The lowest BCUT2D eigenvalue weighted by Crippen LogP contribution is -2.46. The van der Waals surface area contributed by atoms with Crippen molar-refractivity contribution in [2.45, 2.75) is 68.9 Å². The predicted octanol–water partition coefficient (Wildman–Crippen LogP) is 5.01. The van der Waals surface area contributed by atoms with E-state index in [2.05, 4.69) is 14.7 Å². The van der Waals surface area contributed by atoms with E-state index < -0.39 is 15.9 Å². The van der Waals surface area contributed by atoms with Crippen LogP contribution in [0.15, 0.2) is 52.5 Å². The molecular formula is C28H32Cl2N4O5S. The predicted molar refractivity (Wildman–Crippen MR) is 154 cm³/mol. The van der Waals surface area contributed by atoms with Crippen LogP contribution in [0.25, 0.3) is 0 Å². The molecule has 214 valence electrons. The number of benzene rings is 2. The van der Waals surface area contributed by atoms with Gasteiger partial charge in [-0.2, -0.15) is 5.10 Å². The van der Waals surface area contributed by atoms with Crippen LogP contribution in [0, 0.1) is 5.92 Å². The van der Waals surface area contributed by atoms with Gasteiger partial charge in [0, 0.05) is 36.8 Å². The summed E-state index contributed by atoms with van der Waals surface area (Å²) in [6.45, 7) is 3.58. The molecule has 9 nitrogen and oxygen atoms in total. The van der Waals surface area contributed by atoms with Crippen molar-refractivity contribution >= 4 is 56.4 Å². The number of anilines is 1. The third kappa shape index (κ3) is 6.62. The van der Waals surface area contributed by atoms with Crippen LogP contribution in [0.2, 0.25) is 10.0 Å². The lowest BCUT2D eigenvalue weighted by molar-refractivity contribution is -0.124. The Morgan fingerprint density at radius 1 is 0.975 bits per heavy atom. The molecule has 12 heteroatoms. The summed E-state index contributed by atoms with van der Waals surface area (Å²) in [4.78, 5) is 27.3. The van der Waals surface area contributed by atoms with Gasteiger partial charge in [0.05, 0.1) is 27.0 Å². The Hall–Kier alpha value is -2.66. The van der Waals surface area contributed by atoms with Crippen LogP contribution in [0.5, 0.6) is 5.75 Å². The molecule has 0 spiro atoms. The number of ether oxygens (including phenoxy) is 1. The number of piperidine rings is 1. The van der Waals surface area contributed by atoms with Crippen LogP contribution < -0.4 is 14.5 Å². The van der Waals surface area contributed by atoms with Gasteiger partial charge >= 0.3 is 0 Å². The zero-order valence-corrected chi connectivity index (χ0v) is 24.5. The molecule has 1 saturated heterocycles. The monoisotopic (exact) mass is 606 g/mol. The van der Waals surface area contributed by atoms with Gasteiger partial charge in [-0.25, -0.2) is 18.1 Å².